The predicted octanol–water partition coefficient (Wildman–Crippen LogP) is 3.15. The van der Waals surface area contributed by atoms with E-state index in [4.69, 9.17) is 11.6 Å². The molecule has 0 atom stereocenters. The van der Waals surface area contributed by atoms with Gasteiger partial charge in [-0.2, -0.15) is 5.10 Å². The first kappa shape index (κ1) is 12.6. The summed E-state index contributed by atoms with van der Waals surface area (Å²) in [5.41, 5.74) is 1.20. The van der Waals surface area contributed by atoms with E-state index in [2.05, 4.69) is 17.3 Å². The summed E-state index contributed by atoms with van der Waals surface area (Å²) in [7, 11) is 0. The van der Waals surface area contributed by atoms with E-state index in [1.807, 2.05) is 28.4 Å². The number of aromatic nitrogens is 2. The standard InChI is InChI=1S/C12H16ClN3S/c1-2-5-14-8-10-3-6-15-16(10)9-12-11(13)4-7-17-12/h3-4,6-7,14H,2,5,8-9H2,1H3. The van der Waals surface area contributed by atoms with E-state index in [0.29, 0.717) is 0 Å². The molecule has 2 rings (SSSR count). The molecule has 0 radical (unpaired) electrons. The van der Waals surface area contributed by atoms with Crippen molar-refractivity contribution in [1.82, 2.24) is 15.1 Å². The van der Waals surface area contributed by atoms with Crippen molar-refractivity contribution < 1.29 is 0 Å². The molecule has 0 aliphatic heterocycles. The van der Waals surface area contributed by atoms with E-state index in [-0.39, 0.29) is 0 Å². The molecule has 0 aliphatic carbocycles. The second-order valence-electron chi connectivity index (χ2n) is 3.85. The molecular formula is C12H16ClN3S. The van der Waals surface area contributed by atoms with Gasteiger partial charge < -0.3 is 5.32 Å². The fraction of sp³-hybridized carbons (Fsp3) is 0.417. The van der Waals surface area contributed by atoms with E-state index in [1.165, 1.54) is 5.69 Å². The van der Waals surface area contributed by atoms with E-state index >= 15 is 0 Å². The van der Waals surface area contributed by atoms with Gasteiger partial charge in [-0.25, -0.2) is 0 Å². The van der Waals surface area contributed by atoms with Crippen molar-refractivity contribution in [2.24, 2.45) is 0 Å². The van der Waals surface area contributed by atoms with Crippen LogP contribution in [0.15, 0.2) is 23.7 Å². The summed E-state index contributed by atoms with van der Waals surface area (Å²) in [5, 5.41) is 10.6. The van der Waals surface area contributed by atoms with Gasteiger partial charge in [0.2, 0.25) is 0 Å². The monoisotopic (exact) mass is 269 g/mol. The fourth-order valence-corrected chi connectivity index (χ4v) is 2.70. The van der Waals surface area contributed by atoms with Gasteiger partial charge >= 0.3 is 0 Å². The Hall–Kier alpha value is -0.840. The number of halogens is 1. The van der Waals surface area contributed by atoms with Crippen LogP contribution >= 0.6 is 22.9 Å². The molecule has 2 heterocycles. The smallest absolute Gasteiger partial charge is 0.0770 e. The summed E-state index contributed by atoms with van der Waals surface area (Å²) >= 11 is 7.76. The highest BCUT2D eigenvalue weighted by atomic mass is 35.5. The van der Waals surface area contributed by atoms with Gasteiger partial charge in [0, 0.05) is 17.6 Å². The van der Waals surface area contributed by atoms with Crippen LogP contribution in [0.3, 0.4) is 0 Å². The normalized spacial score (nSPS) is 10.9. The van der Waals surface area contributed by atoms with Crippen molar-refractivity contribution in [1.29, 1.82) is 0 Å². The van der Waals surface area contributed by atoms with Crippen LogP contribution in [0.4, 0.5) is 0 Å². The Morgan fingerprint density at radius 2 is 2.35 bits per heavy atom. The highest BCUT2D eigenvalue weighted by Gasteiger charge is 2.06. The molecule has 0 fully saturated rings. The summed E-state index contributed by atoms with van der Waals surface area (Å²) in [6, 6.07) is 3.98. The number of nitrogens with zero attached hydrogens (tertiary/aromatic N) is 2. The molecule has 0 aliphatic rings. The average molecular weight is 270 g/mol. The molecule has 2 aromatic heterocycles. The highest BCUT2D eigenvalue weighted by molar-refractivity contribution is 7.10. The minimum atomic E-state index is 0.757. The van der Waals surface area contributed by atoms with Crippen molar-refractivity contribution in [3.8, 4) is 0 Å². The third-order valence-electron chi connectivity index (χ3n) is 2.52. The van der Waals surface area contributed by atoms with Crippen molar-refractivity contribution >= 4 is 22.9 Å². The molecule has 0 aromatic carbocycles. The van der Waals surface area contributed by atoms with Gasteiger partial charge in [-0.3, -0.25) is 4.68 Å². The minimum absolute atomic E-state index is 0.757. The Kier molecular flexibility index (Phi) is 4.59. The Morgan fingerprint density at radius 1 is 1.47 bits per heavy atom. The molecule has 0 saturated heterocycles. The molecule has 0 amide bonds. The van der Waals surface area contributed by atoms with Crippen molar-refractivity contribution in [3.63, 3.8) is 0 Å². The van der Waals surface area contributed by atoms with Crippen molar-refractivity contribution in [3.05, 3.63) is 39.3 Å². The Morgan fingerprint density at radius 3 is 3.06 bits per heavy atom. The van der Waals surface area contributed by atoms with Crippen LogP contribution in [0.2, 0.25) is 5.02 Å². The summed E-state index contributed by atoms with van der Waals surface area (Å²) in [5.74, 6) is 0. The topological polar surface area (TPSA) is 29.9 Å². The largest absolute Gasteiger partial charge is 0.311 e. The summed E-state index contributed by atoms with van der Waals surface area (Å²) in [4.78, 5) is 1.16. The van der Waals surface area contributed by atoms with Gasteiger partial charge in [0.25, 0.3) is 0 Å². The zero-order valence-corrected chi connectivity index (χ0v) is 11.4. The van der Waals surface area contributed by atoms with Crippen LogP contribution in [0, 0.1) is 0 Å². The maximum atomic E-state index is 6.09. The third-order valence-corrected chi connectivity index (χ3v) is 3.89. The zero-order chi connectivity index (χ0) is 12.1. The SMILES string of the molecule is CCCNCc1ccnn1Cc1sccc1Cl. The highest BCUT2D eigenvalue weighted by Crippen LogP contribution is 2.23. The molecule has 5 heteroatoms. The maximum absolute atomic E-state index is 6.09. The third kappa shape index (κ3) is 3.31. The molecule has 1 N–H and O–H groups in total. The van der Waals surface area contributed by atoms with E-state index in [9.17, 15) is 0 Å². The van der Waals surface area contributed by atoms with Gasteiger partial charge in [-0.1, -0.05) is 18.5 Å². The predicted molar refractivity (Wildman–Crippen MR) is 72.7 cm³/mol. The second-order valence-corrected chi connectivity index (χ2v) is 5.26. The molecule has 17 heavy (non-hydrogen) atoms. The molecule has 0 bridgehead atoms. The van der Waals surface area contributed by atoms with Gasteiger partial charge in [-0.15, -0.1) is 11.3 Å². The summed E-state index contributed by atoms with van der Waals surface area (Å²) < 4.78 is 2.00. The van der Waals surface area contributed by atoms with Crippen LogP contribution < -0.4 is 5.32 Å². The van der Waals surface area contributed by atoms with Crippen LogP contribution in [0.5, 0.6) is 0 Å². The van der Waals surface area contributed by atoms with E-state index in [0.717, 1.165) is 36.0 Å². The number of nitrogens with one attached hydrogen (secondary N) is 1. The molecule has 3 nitrogen and oxygen atoms in total. The number of hydrogen-bond acceptors (Lipinski definition) is 3. The Balaban J connectivity index is 2.01. The van der Waals surface area contributed by atoms with Gasteiger partial charge in [0.05, 0.1) is 17.3 Å². The molecule has 92 valence electrons. The van der Waals surface area contributed by atoms with Gasteiger partial charge in [0.1, 0.15) is 0 Å². The van der Waals surface area contributed by atoms with Crippen molar-refractivity contribution in [2.45, 2.75) is 26.4 Å². The summed E-state index contributed by atoms with van der Waals surface area (Å²) in [6.45, 7) is 4.81. The van der Waals surface area contributed by atoms with Crippen LogP contribution in [-0.2, 0) is 13.1 Å². The van der Waals surface area contributed by atoms with Crippen LogP contribution in [0.1, 0.15) is 23.9 Å². The molecule has 0 unspecified atom stereocenters. The Labute approximate surface area is 110 Å². The molecular weight excluding hydrogens is 254 g/mol. The quantitative estimate of drug-likeness (QED) is 0.817. The lowest BCUT2D eigenvalue weighted by Crippen LogP contribution is -2.17. The fourth-order valence-electron chi connectivity index (χ4n) is 1.62. The number of rotatable bonds is 6. The van der Waals surface area contributed by atoms with E-state index in [1.54, 1.807) is 11.3 Å². The molecule has 0 saturated carbocycles. The maximum Gasteiger partial charge on any atom is 0.0770 e. The number of hydrogen-bond donors (Lipinski definition) is 1. The first-order valence-electron chi connectivity index (χ1n) is 5.74. The lowest BCUT2D eigenvalue weighted by atomic mass is 10.4. The van der Waals surface area contributed by atoms with Crippen molar-refractivity contribution in [2.75, 3.05) is 6.54 Å². The van der Waals surface area contributed by atoms with Gasteiger partial charge in [-0.05, 0) is 30.5 Å². The second kappa shape index (κ2) is 6.19. The first-order chi connectivity index (χ1) is 8.31. The first-order valence-corrected chi connectivity index (χ1v) is 7.00. The van der Waals surface area contributed by atoms with E-state index < -0.39 is 0 Å². The molecule has 2 aromatic rings. The lowest BCUT2D eigenvalue weighted by molar-refractivity contribution is 0.595. The lowest BCUT2D eigenvalue weighted by Gasteiger charge is -2.07. The average Bonchev–Trinajstić information content (AvgIpc) is 2.91. The minimum Gasteiger partial charge on any atom is -0.311 e. The van der Waals surface area contributed by atoms with Crippen LogP contribution in [0.25, 0.3) is 0 Å². The Bertz CT molecular complexity index is 464. The van der Waals surface area contributed by atoms with Crippen LogP contribution in [-0.4, -0.2) is 16.3 Å². The zero-order valence-electron chi connectivity index (χ0n) is 9.82. The molecule has 0 spiro atoms. The van der Waals surface area contributed by atoms with Gasteiger partial charge in [0.15, 0.2) is 0 Å². The summed E-state index contributed by atoms with van der Waals surface area (Å²) in [6.07, 6.45) is 2.98. The number of thiophene rings is 1.